The van der Waals surface area contributed by atoms with Crippen molar-refractivity contribution in [2.75, 3.05) is 0 Å². The van der Waals surface area contributed by atoms with Crippen molar-refractivity contribution in [3.05, 3.63) is 54.3 Å². The highest BCUT2D eigenvalue weighted by molar-refractivity contribution is 5.68. The Morgan fingerprint density at radius 3 is 2.50 bits per heavy atom. The monoisotopic (exact) mass is 350 g/mol. The van der Waals surface area contributed by atoms with E-state index in [1.165, 1.54) is 16.8 Å². The van der Waals surface area contributed by atoms with Crippen LogP contribution in [-0.4, -0.2) is 9.97 Å². The molecule has 0 N–H and O–H groups in total. The molecule has 0 radical (unpaired) electrons. The lowest BCUT2D eigenvalue weighted by Gasteiger charge is -2.48. The van der Waals surface area contributed by atoms with Crippen LogP contribution < -0.4 is 4.57 Å². The Kier molecular flexibility index (Phi) is 4.33. The average Bonchev–Trinajstić information content (AvgIpc) is 2.58. The Morgan fingerprint density at radius 1 is 1.23 bits per heavy atom. The van der Waals surface area contributed by atoms with Crippen molar-refractivity contribution >= 4 is 0 Å². The summed E-state index contributed by atoms with van der Waals surface area (Å²) in [6.45, 7) is 19.8. The Balaban J connectivity index is 2.44. The first-order valence-corrected chi connectivity index (χ1v) is 9.60. The van der Waals surface area contributed by atoms with Gasteiger partial charge >= 0.3 is 0 Å². The second-order valence-electron chi connectivity index (χ2n) is 9.05. The number of allylic oxidation sites excluding steroid dienone is 1. The molecule has 138 valence electrons. The Hall–Kier alpha value is -2.03. The first kappa shape index (κ1) is 18.8. The lowest BCUT2D eigenvalue weighted by atomic mass is 9.60. The smallest absolute Gasteiger partial charge is 0.261 e. The van der Waals surface area contributed by atoms with Gasteiger partial charge in [-0.3, -0.25) is 4.98 Å². The minimum atomic E-state index is -0.122. The molecule has 3 heteroatoms. The fraction of sp³-hybridized carbons (Fsp3) is 0.522. The van der Waals surface area contributed by atoms with Gasteiger partial charge in [0, 0.05) is 40.8 Å². The molecule has 2 aromatic heterocycles. The molecule has 1 unspecified atom stereocenters. The lowest BCUT2D eigenvalue weighted by Crippen LogP contribution is -2.68. The Labute approximate surface area is 158 Å². The fourth-order valence-electron chi connectivity index (χ4n) is 4.50. The van der Waals surface area contributed by atoms with Gasteiger partial charge in [0.25, 0.3) is 6.33 Å². The van der Waals surface area contributed by atoms with E-state index in [1.807, 2.05) is 18.6 Å². The number of aromatic nitrogens is 3. The third-order valence-electron chi connectivity index (χ3n) is 6.57. The molecule has 3 rings (SSSR count). The molecule has 1 aliphatic rings. The largest absolute Gasteiger partial charge is 0.287 e. The molecular weight excluding hydrogens is 318 g/mol. The second kappa shape index (κ2) is 6.00. The SMILES string of the molecule is C=CC[C@@]1(C)[n+]2cnc(C(C)(C)C)cc2-c2c(ccnc2C)C1(C)CC. The van der Waals surface area contributed by atoms with Crippen LogP contribution in [0.15, 0.2) is 37.3 Å². The predicted octanol–water partition coefficient (Wildman–Crippen LogP) is 5.01. The van der Waals surface area contributed by atoms with Crippen LogP contribution in [0.4, 0.5) is 0 Å². The highest BCUT2D eigenvalue weighted by Crippen LogP contribution is 2.50. The summed E-state index contributed by atoms with van der Waals surface area (Å²) in [5.74, 6) is 0. The molecule has 1 aliphatic heterocycles. The number of hydrogen-bond donors (Lipinski definition) is 0. The molecule has 0 aromatic carbocycles. The van der Waals surface area contributed by atoms with Crippen molar-refractivity contribution in [2.24, 2.45) is 0 Å². The van der Waals surface area contributed by atoms with Crippen molar-refractivity contribution in [1.82, 2.24) is 9.97 Å². The minimum absolute atomic E-state index is 0.00616. The topological polar surface area (TPSA) is 29.7 Å². The Morgan fingerprint density at radius 2 is 1.92 bits per heavy atom. The Bertz CT molecular complexity index is 862. The van der Waals surface area contributed by atoms with Gasteiger partial charge in [-0.05, 0) is 31.9 Å². The zero-order valence-corrected chi connectivity index (χ0v) is 17.3. The first-order chi connectivity index (χ1) is 12.1. The normalized spacial score (nSPS) is 24.7. The maximum atomic E-state index is 4.85. The molecule has 0 fully saturated rings. The molecule has 2 aromatic rings. The van der Waals surface area contributed by atoms with Crippen molar-refractivity contribution < 1.29 is 4.57 Å². The van der Waals surface area contributed by atoms with E-state index in [0.717, 1.165) is 24.2 Å². The molecular formula is C23H32N3+. The van der Waals surface area contributed by atoms with Crippen molar-refractivity contribution in [1.29, 1.82) is 0 Å². The number of nitrogens with zero attached hydrogens (tertiary/aromatic N) is 3. The van der Waals surface area contributed by atoms with Crippen LogP contribution in [0.2, 0.25) is 0 Å². The van der Waals surface area contributed by atoms with E-state index in [1.54, 1.807) is 0 Å². The van der Waals surface area contributed by atoms with E-state index in [0.29, 0.717) is 0 Å². The lowest BCUT2D eigenvalue weighted by molar-refractivity contribution is -0.766. The molecule has 3 heterocycles. The maximum Gasteiger partial charge on any atom is 0.287 e. The van der Waals surface area contributed by atoms with Crippen LogP contribution in [0.5, 0.6) is 0 Å². The molecule has 0 aliphatic carbocycles. The zero-order valence-electron chi connectivity index (χ0n) is 17.3. The summed E-state index contributed by atoms with van der Waals surface area (Å²) in [6.07, 6.45) is 7.98. The fourth-order valence-corrected chi connectivity index (χ4v) is 4.50. The van der Waals surface area contributed by atoms with Gasteiger partial charge in [0.1, 0.15) is 11.2 Å². The summed E-state index contributed by atoms with van der Waals surface area (Å²) in [7, 11) is 0. The van der Waals surface area contributed by atoms with E-state index in [9.17, 15) is 0 Å². The van der Waals surface area contributed by atoms with E-state index < -0.39 is 0 Å². The zero-order chi connectivity index (χ0) is 19.3. The number of pyridine rings is 1. The van der Waals surface area contributed by atoms with E-state index in [4.69, 9.17) is 4.98 Å². The predicted molar refractivity (Wildman–Crippen MR) is 107 cm³/mol. The number of hydrogen-bond acceptors (Lipinski definition) is 2. The van der Waals surface area contributed by atoms with Crippen LogP contribution in [0.3, 0.4) is 0 Å². The van der Waals surface area contributed by atoms with Gasteiger partial charge in [-0.25, -0.2) is 4.57 Å². The van der Waals surface area contributed by atoms with Crippen LogP contribution >= 0.6 is 0 Å². The van der Waals surface area contributed by atoms with E-state index in [-0.39, 0.29) is 16.4 Å². The molecule has 2 atom stereocenters. The number of rotatable bonds is 3. The summed E-state index contributed by atoms with van der Waals surface area (Å²) >= 11 is 0. The van der Waals surface area contributed by atoms with E-state index in [2.05, 4.69) is 76.7 Å². The van der Waals surface area contributed by atoms with Crippen LogP contribution in [0, 0.1) is 6.92 Å². The summed E-state index contributed by atoms with van der Waals surface area (Å²) < 4.78 is 2.38. The van der Waals surface area contributed by atoms with E-state index >= 15 is 0 Å². The molecule has 0 saturated heterocycles. The van der Waals surface area contributed by atoms with Gasteiger partial charge in [0.15, 0.2) is 5.69 Å². The molecule has 0 amide bonds. The van der Waals surface area contributed by atoms with Crippen molar-refractivity contribution in [2.45, 2.75) is 77.7 Å². The van der Waals surface area contributed by atoms with Gasteiger partial charge in [-0.2, -0.15) is 0 Å². The highest BCUT2D eigenvalue weighted by Gasteiger charge is 2.54. The van der Waals surface area contributed by atoms with Crippen molar-refractivity contribution in [3.8, 4) is 11.3 Å². The van der Waals surface area contributed by atoms with Gasteiger partial charge in [0.05, 0.1) is 0 Å². The second-order valence-corrected chi connectivity index (χ2v) is 9.05. The highest BCUT2D eigenvalue weighted by atomic mass is 15.1. The third-order valence-corrected chi connectivity index (χ3v) is 6.57. The van der Waals surface area contributed by atoms with Crippen LogP contribution in [0.25, 0.3) is 11.3 Å². The molecule has 3 nitrogen and oxygen atoms in total. The number of aryl methyl sites for hydroxylation is 1. The third kappa shape index (κ3) is 2.44. The maximum absolute atomic E-state index is 4.85. The van der Waals surface area contributed by atoms with Crippen LogP contribution in [-0.2, 0) is 16.4 Å². The van der Waals surface area contributed by atoms with Gasteiger partial charge in [0.2, 0.25) is 0 Å². The molecule has 0 spiro atoms. The summed E-state index contributed by atoms with van der Waals surface area (Å²) in [5, 5.41) is 0. The van der Waals surface area contributed by atoms with Gasteiger partial charge in [-0.1, -0.05) is 45.7 Å². The number of fused-ring (bicyclic) bond motifs is 3. The minimum Gasteiger partial charge on any atom is -0.261 e. The first-order valence-electron chi connectivity index (χ1n) is 9.60. The molecule has 0 saturated carbocycles. The summed E-state index contributed by atoms with van der Waals surface area (Å²) in [4.78, 5) is 9.47. The molecule has 0 bridgehead atoms. The molecule has 26 heavy (non-hydrogen) atoms. The van der Waals surface area contributed by atoms with Gasteiger partial charge in [-0.15, -0.1) is 6.58 Å². The summed E-state index contributed by atoms with van der Waals surface area (Å²) in [5.41, 5.74) is 5.94. The quantitative estimate of drug-likeness (QED) is 0.575. The standard InChI is InChI=1S/C23H32N3/c1-9-12-23(8)22(7,10-2)17-11-13-24-16(3)20(17)18-14-19(21(4,5)6)25-15-26(18)23/h9,11,13-15H,1,10,12H2,2-8H3/q+1/t22?,23-/m1/s1. The summed E-state index contributed by atoms with van der Waals surface area (Å²) in [6, 6.07) is 4.48. The van der Waals surface area contributed by atoms with Gasteiger partial charge < -0.3 is 0 Å². The van der Waals surface area contributed by atoms with Crippen LogP contribution in [0.1, 0.15) is 71.3 Å². The van der Waals surface area contributed by atoms with Crippen molar-refractivity contribution in [3.63, 3.8) is 0 Å². The average molecular weight is 351 g/mol.